The number of pyridine rings is 1. The monoisotopic (exact) mass is 787 g/mol. The van der Waals surface area contributed by atoms with E-state index in [-0.39, 0.29) is 35.5 Å². The summed E-state index contributed by atoms with van der Waals surface area (Å²) in [5.74, 6) is -1.56. The lowest BCUT2D eigenvalue weighted by Gasteiger charge is -2.34. The number of hydrogen-bond donors (Lipinski definition) is 3. The smallest absolute Gasteiger partial charge is 0.408 e. The summed E-state index contributed by atoms with van der Waals surface area (Å²) in [6, 6.07) is 5.14. The first-order valence-electron chi connectivity index (χ1n) is 19.3. The van der Waals surface area contributed by atoms with Crippen LogP contribution in [0.4, 0.5) is 4.79 Å². The van der Waals surface area contributed by atoms with E-state index >= 15 is 0 Å². The number of methoxy groups -OCH3 is 1. The molecule has 4 amide bonds. The molecule has 3 fully saturated rings. The van der Waals surface area contributed by atoms with E-state index in [0.717, 1.165) is 11.8 Å². The molecule has 3 N–H and O–H groups in total. The number of allylic oxidation sites excluding steroid dienone is 1. The maximum Gasteiger partial charge on any atom is 0.408 e. The third-order valence-electron chi connectivity index (χ3n) is 11.5. The van der Waals surface area contributed by atoms with E-state index in [2.05, 4.69) is 27.3 Å². The van der Waals surface area contributed by atoms with Gasteiger partial charge in [0.1, 0.15) is 35.1 Å². The number of hydrogen-bond acceptors (Lipinski definition) is 10. The van der Waals surface area contributed by atoms with E-state index in [1.54, 1.807) is 41.0 Å². The highest BCUT2D eigenvalue weighted by molar-refractivity contribution is 7.91. The number of nitrogens with one attached hydrogen (secondary N) is 3. The summed E-state index contributed by atoms with van der Waals surface area (Å²) in [7, 11) is -2.43. The molecule has 0 bridgehead atoms. The third kappa shape index (κ3) is 8.56. The molecule has 14 nitrogen and oxygen atoms in total. The zero-order valence-electron chi connectivity index (χ0n) is 32.8. The minimum absolute atomic E-state index is 0. The van der Waals surface area contributed by atoms with E-state index in [9.17, 15) is 27.6 Å². The fraction of sp³-hybridized carbons (Fsp3) is 0.625. The Hall–Kier alpha value is -4.40. The predicted octanol–water partition coefficient (Wildman–Crippen LogP) is 5.50. The van der Waals surface area contributed by atoms with Gasteiger partial charge in [-0.15, -0.1) is 0 Å². The molecule has 2 aliphatic carbocycles. The molecule has 0 radical (unpaired) electrons. The van der Waals surface area contributed by atoms with Crippen molar-refractivity contribution in [3.63, 3.8) is 0 Å². The Morgan fingerprint density at radius 2 is 1.87 bits per heavy atom. The summed E-state index contributed by atoms with van der Waals surface area (Å²) in [6.45, 7) is 10.9. The molecule has 2 aromatic rings. The van der Waals surface area contributed by atoms with Crippen LogP contribution in [0.25, 0.3) is 10.8 Å². The highest BCUT2D eigenvalue weighted by atomic mass is 32.2. The number of carbonyl (C=O) groups is 4. The van der Waals surface area contributed by atoms with Gasteiger partial charge in [0.25, 0.3) is 5.91 Å². The van der Waals surface area contributed by atoms with Crippen molar-refractivity contribution in [1.29, 1.82) is 0 Å². The van der Waals surface area contributed by atoms with Gasteiger partial charge in [-0.3, -0.25) is 19.1 Å². The molecule has 1 aromatic carbocycles. The van der Waals surface area contributed by atoms with Gasteiger partial charge < -0.3 is 29.7 Å². The van der Waals surface area contributed by atoms with Gasteiger partial charge in [-0.2, -0.15) is 0 Å². The normalized spacial score (nSPS) is 30.1. The second-order valence-corrected chi connectivity index (χ2v) is 19.1. The van der Waals surface area contributed by atoms with E-state index < -0.39 is 73.8 Å². The van der Waals surface area contributed by atoms with Gasteiger partial charge >= 0.3 is 6.09 Å². The molecule has 2 aliphatic heterocycles. The van der Waals surface area contributed by atoms with Crippen molar-refractivity contribution in [3.05, 3.63) is 42.6 Å². The van der Waals surface area contributed by atoms with Gasteiger partial charge in [-0.05, 0) is 96.3 Å². The van der Waals surface area contributed by atoms with Gasteiger partial charge in [0.05, 0.1) is 18.4 Å². The number of benzene rings is 1. The second-order valence-electron chi connectivity index (χ2n) is 16.9. The quantitative estimate of drug-likeness (QED) is 0.289. The zero-order chi connectivity index (χ0) is 39.9. The minimum atomic E-state index is -4.00. The Labute approximate surface area is 328 Å². The molecule has 306 valence electrons. The van der Waals surface area contributed by atoms with Crippen LogP contribution in [0, 0.1) is 17.8 Å². The van der Waals surface area contributed by atoms with Crippen LogP contribution >= 0.6 is 0 Å². The maximum atomic E-state index is 14.9. The average molecular weight is 788 g/mol. The van der Waals surface area contributed by atoms with E-state index in [4.69, 9.17) is 14.2 Å². The number of ether oxygens (including phenoxy) is 3. The molecular formula is C40H61N5O9S. The summed E-state index contributed by atoms with van der Waals surface area (Å²) in [6.07, 6.45) is 7.75. The van der Waals surface area contributed by atoms with Crippen molar-refractivity contribution in [3.8, 4) is 11.6 Å². The van der Waals surface area contributed by atoms with Crippen molar-refractivity contribution in [2.24, 2.45) is 17.8 Å². The minimum Gasteiger partial charge on any atom is -0.496 e. The first-order chi connectivity index (χ1) is 25.9. The van der Waals surface area contributed by atoms with Crippen molar-refractivity contribution < 1.29 is 46.1 Å². The molecular weight excluding hydrogens is 727 g/mol. The van der Waals surface area contributed by atoms with Gasteiger partial charge in [0, 0.05) is 33.6 Å². The summed E-state index contributed by atoms with van der Waals surface area (Å²) in [5.41, 5.74) is -2.35. The van der Waals surface area contributed by atoms with Crippen molar-refractivity contribution >= 4 is 44.6 Å². The van der Waals surface area contributed by atoms with Crippen molar-refractivity contribution in [2.75, 3.05) is 13.7 Å². The summed E-state index contributed by atoms with van der Waals surface area (Å²) < 4.78 is 45.3. The topological polar surface area (TPSA) is 182 Å². The number of carbonyl (C=O) groups excluding carboxylic acids is 4. The van der Waals surface area contributed by atoms with Crippen LogP contribution in [0.5, 0.6) is 11.6 Å². The standard InChI is InChI=1S/C40H55N5O9S.3H2/c1-8-25-20-24(2)12-9-10-13-26-22-40(26,36(48)44-55(50,51)39(6)17-18-39)43-33(46)30-21-27(23-45(30)35(47)32(25)42-37(49)54-38(3,4)5)53-34-29-14-11-15-31(52-7)28(29)16-19-41-34;;;/h10-11,13-16,19,24-27,30,32H,8-9,12,17-18,20-23H2,1-7H3,(H,42,49)(H,43,46)(H,44,48);3*1H/b13-10-;;;/t24-,25+,26+,27+,30-,32-,40+;;;/m0.../s1. The number of nitrogens with zero attached hydrogens (tertiary/aromatic N) is 2. The summed E-state index contributed by atoms with van der Waals surface area (Å²) >= 11 is 0. The molecule has 1 aromatic heterocycles. The number of fused-ring (bicyclic) bond motifs is 3. The van der Waals surface area contributed by atoms with Crippen molar-refractivity contribution in [1.82, 2.24) is 25.2 Å². The number of aromatic nitrogens is 1. The molecule has 55 heavy (non-hydrogen) atoms. The zero-order valence-corrected chi connectivity index (χ0v) is 33.7. The number of rotatable bonds is 8. The van der Waals surface area contributed by atoms with E-state index in [1.165, 1.54) is 4.90 Å². The van der Waals surface area contributed by atoms with Crippen LogP contribution < -0.4 is 24.8 Å². The van der Waals surface area contributed by atoms with E-state index in [1.807, 2.05) is 43.3 Å². The fourth-order valence-electron chi connectivity index (χ4n) is 7.83. The molecule has 0 spiro atoms. The Kier molecular flexibility index (Phi) is 11.2. The molecule has 0 unspecified atom stereocenters. The molecule has 4 aliphatic rings. The summed E-state index contributed by atoms with van der Waals surface area (Å²) in [5, 5.41) is 7.23. The lowest BCUT2D eigenvalue weighted by molar-refractivity contribution is -0.142. The van der Waals surface area contributed by atoms with E-state index in [0.29, 0.717) is 49.1 Å². The molecule has 3 heterocycles. The summed E-state index contributed by atoms with van der Waals surface area (Å²) in [4.78, 5) is 62.6. The van der Waals surface area contributed by atoms with Gasteiger partial charge in [-0.1, -0.05) is 38.5 Å². The molecule has 6 rings (SSSR count). The number of amides is 4. The van der Waals surface area contributed by atoms with Crippen LogP contribution in [0.1, 0.15) is 97.2 Å². The highest BCUT2D eigenvalue weighted by Crippen LogP contribution is 2.47. The molecule has 7 atom stereocenters. The van der Waals surface area contributed by atoms with Gasteiger partial charge in [0.2, 0.25) is 27.7 Å². The third-order valence-corrected chi connectivity index (χ3v) is 13.7. The molecule has 15 heteroatoms. The largest absolute Gasteiger partial charge is 0.496 e. The van der Waals surface area contributed by atoms with Gasteiger partial charge in [-0.25, -0.2) is 18.2 Å². The average Bonchev–Trinajstić information content (AvgIpc) is 4.00. The van der Waals surface area contributed by atoms with Crippen LogP contribution in [-0.4, -0.2) is 89.8 Å². The first kappa shape index (κ1) is 40.3. The maximum absolute atomic E-state index is 14.9. The predicted molar refractivity (Wildman–Crippen MR) is 212 cm³/mol. The van der Waals surface area contributed by atoms with Crippen LogP contribution in [0.3, 0.4) is 0 Å². The first-order valence-corrected chi connectivity index (χ1v) is 20.8. The van der Waals surface area contributed by atoms with Gasteiger partial charge in [0.15, 0.2) is 0 Å². The van der Waals surface area contributed by atoms with Crippen molar-refractivity contribution in [2.45, 2.75) is 127 Å². The Balaban J connectivity index is 0.00000300. The molecule has 1 saturated heterocycles. The second kappa shape index (κ2) is 15.3. The molecule has 2 saturated carbocycles. The Bertz CT molecular complexity index is 1980. The number of sulfonamides is 1. The highest BCUT2D eigenvalue weighted by Gasteiger charge is 2.63. The lowest BCUT2D eigenvalue weighted by Crippen LogP contribution is -2.59. The fourth-order valence-corrected chi connectivity index (χ4v) is 9.14. The van der Waals surface area contributed by atoms with Crippen LogP contribution in [-0.2, 0) is 29.1 Å². The van der Waals surface area contributed by atoms with Crippen LogP contribution in [0.15, 0.2) is 42.6 Å². The Morgan fingerprint density at radius 1 is 1.13 bits per heavy atom. The Morgan fingerprint density at radius 3 is 2.55 bits per heavy atom. The SMILES string of the molecule is CC[C@@H]1C[C@@H](C)CC/C=C\[C@@H]2C[C@@]2(C(=O)NS(=O)(=O)C2(C)CC2)NC(=O)[C@@H]2C[C@@H](Oc3nccc4c(OC)cccc34)CN2C(=O)[C@H]1NC(=O)OC(C)(C)C.[HH].[HH].[HH]. The van der Waals surface area contributed by atoms with Crippen LogP contribution in [0.2, 0.25) is 0 Å². The lowest BCUT2D eigenvalue weighted by atomic mass is 9.85. The number of alkyl carbamates (subject to hydrolysis) is 1.